The van der Waals surface area contributed by atoms with Crippen LogP contribution >= 0.6 is 0 Å². The molecule has 0 heterocycles. The molecule has 0 saturated carbocycles. The SMILES string of the molecule is CC(NC(=O)CCOCCOCCOCCNC(=O)OCC1c2ccccc2-c2ccccc21)C(=O)NC(C)C(=O)NC(CC(=O)NC(c1ccccc1)(c1ccccc1)c1ccccc1)C(=O)Nc1ccc(CO)cc1. The first kappa shape index (κ1) is 56.5. The number of hydrogen-bond donors (Lipinski definition) is 7. The van der Waals surface area contributed by atoms with Gasteiger partial charge in [-0.25, -0.2) is 4.79 Å². The molecule has 7 rings (SSSR count). The summed E-state index contributed by atoms with van der Waals surface area (Å²) < 4.78 is 22.2. The fourth-order valence-electron chi connectivity index (χ4n) is 9.02. The third-order valence-electron chi connectivity index (χ3n) is 13.0. The van der Waals surface area contributed by atoms with E-state index in [0.29, 0.717) is 24.5 Å². The van der Waals surface area contributed by atoms with Crippen LogP contribution < -0.4 is 31.9 Å². The molecule has 17 heteroatoms. The van der Waals surface area contributed by atoms with Crippen molar-refractivity contribution < 1.29 is 52.8 Å². The van der Waals surface area contributed by atoms with E-state index in [1.807, 2.05) is 115 Å². The summed E-state index contributed by atoms with van der Waals surface area (Å²) in [5.41, 5.74) is 6.65. The number of ether oxygens (including phenoxy) is 4. The maximum absolute atomic E-state index is 14.4. The standard InChI is InChI=1S/C60H66N6O11/c1-41(62-54(68)30-32-74-34-36-76-37-35-75-33-31-61-59(73)77-40-52-50-24-14-12-22-48(50)49-23-13-15-25-51(49)52)56(70)63-42(2)57(71)65-53(58(72)64-47-28-26-43(39-67)27-29-47)38-55(69)66-60(44-16-6-3-7-17-44,45-18-8-4-9-19-45)46-20-10-5-11-21-46/h3-29,41-42,52-53,67H,30-40H2,1-2H3,(H,61,73)(H,62,68)(H,63,70)(H,64,72)(H,65,71)(H,66,69). The quantitative estimate of drug-likeness (QED) is 0.0220. The maximum Gasteiger partial charge on any atom is 0.407 e. The van der Waals surface area contributed by atoms with Crippen molar-refractivity contribution in [2.75, 3.05) is 58.1 Å². The minimum absolute atomic E-state index is 0.0227. The van der Waals surface area contributed by atoms with Crippen LogP contribution in [0.5, 0.6) is 0 Å². The van der Waals surface area contributed by atoms with E-state index in [0.717, 1.165) is 38.9 Å². The van der Waals surface area contributed by atoms with Crippen molar-refractivity contribution in [1.82, 2.24) is 26.6 Å². The van der Waals surface area contributed by atoms with Gasteiger partial charge in [0.2, 0.25) is 29.5 Å². The smallest absolute Gasteiger partial charge is 0.407 e. The van der Waals surface area contributed by atoms with Crippen LogP contribution in [0.25, 0.3) is 11.1 Å². The molecule has 0 spiro atoms. The summed E-state index contributed by atoms with van der Waals surface area (Å²) in [6.45, 7) is 4.57. The number of rotatable bonds is 28. The minimum Gasteiger partial charge on any atom is -0.449 e. The van der Waals surface area contributed by atoms with Crippen LogP contribution in [-0.2, 0) is 55.1 Å². The van der Waals surface area contributed by atoms with Gasteiger partial charge < -0.3 is 56.0 Å². The Morgan fingerprint density at radius 2 is 1.01 bits per heavy atom. The zero-order valence-corrected chi connectivity index (χ0v) is 43.2. The van der Waals surface area contributed by atoms with Gasteiger partial charge >= 0.3 is 6.09 Å². The third-order valence-corrected chi connectivity index (χ3v) is 13.0. The molecule has 1 aliphatic rings. The number of carbonyl (C=O) groups is 6. The van der Waals surface area contributed by atoms with E-state index in [2.05, 4.69) is 56.2 Å². The summed E-state index contributed by atoms with van der Waals surface area (Å²) in [6.07, 6.45) is -1.06. The number of nitrogens with one attached hydrogen (secondary N) is 6. The maximum atomic E-state index is 14.4. The lowest BCUT2D eigenvalue weighted by molar-refractivity contribution is -0.133. The molecule has 3 unspecified atom stereocenters. The molecule has 3 atom stereocenters. The molecular formula is C60H66N6O11. The van der Waals surface area contributed by atoms with E-state index in [-0.39, 0.29) is 58.5 Å². The van der Waals surface area contributed by atoms with Crippen LogP contribution in [0.4, 0.5) is 10.5 Å². The highest BCUT2D eigenvalue weighted by Crippen LogP contribution is 2.44. The first-order valence-corrected chi connectivity index (χ1v) is 25.7. The van der Waals surface area contributed by atoms with Gasteiger partial charge in [0, 0.05) is 24.6 Å². The molecule has 402 valence electrons. The van der Waals surface area contributed by atoms with Gasteiger partial charge in [0.1, 0.15) is 30.3 Å². The van der Waals surface area contributed by atoms with E-state index in [9.17, 15) is 33.9 Å². The van der Waals surface area contributed by atoms with Crippen molar-refractivity contribution in [3.05, 3.63) is 197 Å². The van der Waals surface area contributed by atoms with E-state index in [1.54, 1.807) is 24.3 Å². The average molecular weight is 1050 g/mol. The number of amides is 6. The summed E-state index contributed by atoms with van der Waals surface area (Å²) in [4.78, 5) is 80.5. The van der Waals surface area contributed by atoms with E-state index in [4.69, 9.17) is 18.9 Å². The monoisotopic (exact) mass is 1050 g/mol. The predicted octanol–water partition coefficient (Wildman–Crippen LogP) is 6.09. The van der Waals surface area contributed by atoms with Crippen LogP contribution in [0.1, 0.15) is 66.0 Å². The number of alkyl carbamates (subject to hydrolysis) is 1. The number of aliphatic hydroxyl groups excluding tert-OH is 1. The number of anilines is 1. The molecule has 6 aromatic carbocycles. The Morgan fingerprint density at radius 1 is 0.532 bits per heavy atom. The molecule has 77 heavy (non-hydrogen) atoms. The molecular weight excluding hydrogens is 981 g/mol. The van der Waals surface area contributed by atoms with Gasteiger partial charge in [0.05, 0.1) is 52.7 Å². The largest absolute Gasteiger partial charge is 0.449 e. The van der Waals surface area contributed by atoms with Crippen molar-refractivity contribution >= 4 is 41.3 Å². The van der Waals surface area contributed by atoms with E-state index in [1.165, 1.54) is 13.8 Å². The molecule has 6 amide bonds. The molecule has 7 N–H and O–H groups in total. The second-order valence-corrected chi connectivity index (χ2v) is 18.4. The molecule has 0 saturated heterocycles. The Morgan fingerprint density at radius 3 is 1.56 bits per heavy atom. The summed E-state index contributed by atoms with van der Waals surface area (Å²) in [7, 11) is 0. The summed E-state index contributed by atoms with van der Waals surface area (Å²) >= 11 is 0. The molecule has 17 nitrogen and oxygen atoms in total. The number of hydrogen-bond acceptors (Lipinski definition) is 11. The molecule has 1 aliphatic carbocycles. The van der Waals surface area contributed by atoms with E-state index < -0.39 is 65.7 Å². The van der Waals surface area contributed by atoms with Gasteiger partial charge in [-0.05, 0) is 70.5 Å². The van der Waals surface area contributed by atoms with Crippen LogP contribution in [0.3, 0.4) is 0 Å². The van der Waals surface area contributed by atoms with Gasteiger partial charge in [-0.1, -0.05) is 152 Å². The predicted molar refractivity (Wildman–Crippen MR) is 290 cm³/mol. The molecule has 0 aromatic heterocycles. The second-order valence-electron chi connectivity index (χ2n) is 18.4. The second kappa shape index (κ2) is 28.6. The number of fused-ring (bicyclic) bond motifs is 3. The highest BCUT2D eigenvalue weighted by atomic mass is 16.6. The lowest BCUT2D eigenvalue weighted by Gasteiger charge is -2.37. The van der Waals surface area contributed by atoms with Gasteiger partial charge in [-0.2, -0.15) is 0 Å². The van der Waals surface area contributed by atoms with Crippen molar-refractivity contribution in [1.29, 1.82) is 0 Å². The Labute approximate surface area is 448 Å². The van der Waals surface area contributed by atoms with Crippen molar-refractivity contribution in [2.24, 2.45) is 0 Å². The molecule has 0 radical (unpaired) electrons. The zero-order valence-electron chi connectivity index (χ0n) is 43.2. The third kappa shape index (κ3) is 15.7. The molecule has 0 aliphatic heterocycles. The van der Waals surface area contributed by atoms with E-state index >= 15 is 0 Å². The zero-order chi connectivity index (χ0) is 54.4. The first-order chi connectivity index (χ1) is 37.5. The van der Waals surface area contributed by atoms with Crippen LogP contribution in [0.15, 0.2) is 164 Å². The summed E-state index contributed by atoms with van der Waals surface area (Å²) in [5.74, 6) is -3.17. The Balaban J connectivity index is 0.810. The van der Waals surface area contributed by atoms with Crippen LogP contribution in [0, 0.1) is 0 Å². The molecule has 0 fully saturated rings. The lowest BCUT2D eigenvalue weighted by Crippen LogP contribution is -2.56. The highest BCUT2D eigenvalue weighted by Gasteiger charge is 2.39. The average Bonchev–Trinajstić information content (AvgIpc) is 3.78. The van der Waals surface area contributed by atoms with Gasteiger partial charge in [-0.3, -0.25) is 24.0 Å². The van der Waals surface area contributed by atoms with Crippen LogP contribution in [0.2, 0.25) is 0 Å². The fourth-order valence-corrected chi connectivity index (χ4v) is 9.02. The van der Waals surface area contributed by atoms with Gasteiger partial charge in [0.25, 0.3) is 0 Å². The normalized spacial score (nSPS) is 12.9. The molecule has 0 bridgehead atoms. The van der Waals surface area contributed by atoms with Gasteiger partial charge in [-0.15, -0.1) is 0 Å². The first-order valence-electron chi connectivity index (χ1n) is 25.7. The van der Waals surface area contributed by atoms with Crippen molar-refractivity contribution in [3.8, 4) is 11.1 Å². The summed E-state index contributed by atoms with van der Waals surface area (Å²) in [6, 6.07) is 47.4. The fraction of sp³-hybridized carbons (Fsp3) is 0.300. The Bertz CT molecular complexity index is 2750. The molecule has 6 aromatic rings. The Hall–Kier alpha value is -8.22. The van der Waals surface area contributed by atoms with Crippen LogP contribution in [-0.4, -0.2) is 112 Å². The van der Waals surface area contributed by atoms with Crippen molar-refractivity contribution in [3.63, 3.8) is 0 Å². The number of benzene rings is 6. The van der Waals surface area contributed by atoms with Gasteiger partial charge in [0.15, 0.2) is 0 Å². The Kier molecular flexibility index (Phi) is 21.0. The summed E-state index contributed by atoms with van der Waals surface area (Å²) in [5, 5.41) is 26.1. The number of aliphatic hydroxyl groups is 1. The van der Waals surface area contributed by atoms with Crippen molar-refractivity contribution in [2.45, 2.75) is 62.9 Å². The minimum atomic E-state index is -1.42. The number of carbonyl (C=O) groups excluding carboxylic acids is 6. The highest BCUT2D eigenvalue weighted by molar-refractivity contribution is 6.01. The topological polar surface area (TPSA) is 232 Å². The lowest BCUT2D eigenvalue weighted by atomic mass is 9.77.